The van der Waals surface area contributed by atoms with E-state index in [0.717, 1.165) is 5.56 Å². The maximum Gasteiger partial charge on any atom is 0.180 e. The minimum absolute atomic E-state index is 0.165. The molecule has 0 heterocycles. The molecule has 0 unspecified atom stereocenters. The zero-order chi connectivity index (χ0) is 19.2. The first-order valence-corrected chi connectivity index (χ1v) is 11.2. The number of rotatable bonds is 7. The summed E-state index contributed by atoms with van der Waals surface area (Å²) in [5.41, 5.74) is 0.956. The average Bonchev–Trinajstić information content (AvgIpc) is 2.60. The van der Waals surface area contributed by atoms with Crippen LogP contribution in [0.1, 0.15) is 26.3 Å². The van der Waals surface area contributed by atoms with Gasteiger partial charge in [-0.05, 0) is 38.5 Å². The standard InChI is InChI=1S/C20H25NO3S2/c1-20(2,3)25(22)21-18(15-14-17-10-6-4-7-11-17)16-26(23,24)19-12-8-5-9-13-19/h4-15,18,21H,16H2,1-3H3/b15-14+/t18-,25+/m1/s1. The quantitative estimate of drug-likeness (QED) is 0.784. The van der Waals surface area contributed by atoms with E-state index in [2.05, 4.69) is 4.72 Å². The molecule has 140 valence electrons. The first kappa shape index (κ1) is 20.6. The van der Waals surface area contributed by atoms with Crippen LogP contribution in [0.15, 0.2) is 71.6 Å². The van der Waals surface area contributed by atoms with Crippen LogP contribution in [-0.2, 0) is 20.8 Å². The second-order valence-electron chi connectivity index (χ2n) is 6.97. The van der Waals surface area contributed by atoms with E-state index >= 15 is 0 Å². The summed E-state index contributed by atoms with van der Waals surface area (Å²) in [6.45, 7) is 5.54. The van der Waals surface area contributed by atoms with Gasteiger partial charge in [0, 0.05) is 0 Å². The monoisotopic (exact) mass is 391 g/mol. The van der Waals surface area contributed by atoms with Gasteiger partial charge in [0.1, 0.15) is 0 Å². The normalized spacial score (nSPS) is 15.0. The van der Waals surface area contributed by atoms with Gasteiger partial charge >= 0.3 is 0 Å². The second-order valence-corrected chi connectivity index (χ2v) is 11.0. The fourth-order valence-corrected chi connectivity index (χ4v) is 4.52. The molecule has 0 radical (unpaired) electrons. The van der Waals surface area contributed by atoms with Gasteiger partial charge in [0.2, 0.25) is 0 Å². The van der Waals surface area contributed by atoms with Crippen LogP contribution in [0.5, 0.6) is 0 Å². The number of nitrogens with one attached hydrogen (secondary N) is 1. The van der Waals surface area contributed by atoms with E-state index in [-0.39, 0.29) is 10.6 Å². The first-order chi connectivity index (χ1) is 12.2. The molecule has 2 aromatic rings. The predicted octanol–water partition coefficient (Wildman–Crippen LogP) is 3.59. The van der Waals surface area contributed by atoms with E-state index in [1.807, 2.05) is 57.2 Å². The van der Waals surface area contributed by atoms with Crippen LogP contribution in [0.3, 0.4) is 0 Å². The van der Waals surface area contributed by atoms with Crippen LogP contribution < -0.4 is 4.72 Å². The first-order valence-electron chi connectivity index (χ1n) is 8.37. The smallest absolute Gasteiger partial charge is 0.180 e. The lowest BCUT2D eigenvalue weighted by molar-refractivity contribution is 0.588. The summed E-state index contributed by atoms with van der Waals surface area (Å²) >= 11 is 0. The minimum atomic E-state index is -3.50. The van der Waals surface area contributed by atoms with Crippen LogP contribution in [0.4, 0.5) is 0 Å². The van der Waals surface area contributed by atoms with Crippen LogP contribution in [0.25, 0.3) is 6.08 Å². The van der Waals surface area contributed by atoms with E-state index in [1.54, 1.807) is 36.4 Å². The van der Waals surface area contributed by atoms with Crippen LogP contribution >= 0.6 is 0 Å². The van der Waals surface area contributed by atoms with E-state index in [9.17, 15) is 12.6 Å². The van der Waals surface area contributed by atoms with Crippen molar-refractivity contribution >= 4 is 26.9 Å². The fourth-order valence-electron chi connectivity index (χ4n) is 2.19. The van der Waals surface area contributed by atoms with E-state index in [1.165, 1.54) is 0 Å². The van der Waals surface area contributed by atoms with Crippen LogP contribution in [0.2, 0.25) is 0 Å². The van der Waals surface area contributed by atoms with E-state index < -0.39 is 31.6 Å². The van der Waals surface area contributed by atoms with Gasteiger partial charge in [-0.3, -0.25) is 0 Å². The van der Waals surface area contributed by atoms with Crippen LogP contribution in [0, 0.1) is 0 Å². The topological polar surface area (TPSA) is 63.2 Å². The molecule has 0 fully saturated rings. The molecule has 2 atom stereocenters. The lowest BCUT2D eigenvalue weighted by atomic mass is 10.2. The van der Waals surface area contributed by atoms with E-state index in [4.69, 9.17) is 0 Å². The minimum Gasteiger partial charge on any atom is -0.242 e. The highest BCUT2D eigenvalue weighted by atomic mass is 32.2. The Morgan fingerprint density at radius 1 is 1.00 bits per heavy atom. The van der Waals surface area contributed by atoms with Crippen molar-refractivity contribution in [1.29, 1.82) is 0 Å². The Kier molecular flexibility index (Phi) is 6.92. The van der Waals surface area contributed by atoms with Gasteiger partial charge in [-0.1, -0.05) is 60.7 Å². The zero-order valence-corrected chi connectivity index (χ0v) is 16.9. The van der Waals surface area contributed by atoms with Crippen molar-refractivity contribution in [2.45, 2.75) is 36.5 Å². The lowest BCUT2D eigenvalue weighted by Crippen LogP contribution is -2.42. The van der Waals surface area contributed by atoms with Crippen molar-refractivity contribution in [2.75, 3.05) is 5.75 Å². The molecule has 0 amide bonds. The third kappa shape index (κ3) is 6.20. The molecular weight excluding hydrogens is 366 g/mol. The summed E-state index contributed by atoms with van der Waals surface area (Å²) in [6, 6.07) is 17.4. The molecule has 0 bridgehead atoms. The molecule has 6 heteroatoms. The Labute approximate surface area is 158 Å². The Balaban J connectivity index is 2.25. The summed E-state index contributed by atoms with van der Waals surface area (Å²) in [4.78, 5) is 0.265. The van der Waals surface area contributed by atoms with Crippen molar-refractivity contribution in [1.82, 2.24) is 4.72 Å². The van der Waals surface area contributed by atoms with Crippen molar-refractivity contribution in [3.8, 4) is 0 Å². The number of sulfone groups is 1. The zero-order valence-electron chi connectivity index (χ0n) is 15.3. The third-order valence-electron chi connectivity index (χ3n) is 3.64. The average molecular weight is 392 g/mol. The number of benzene rings is 2. The van der Waals surface area contributed by atoms with Gasteiger partial charge in [0.25, 0.3) is 0 Å². The molecule has 2 aromatic carbocycles. The van der Waals surface area contributed by atoms with Crippen molar-refractivity contribution in [3.05, 3.63) is 72.3 Å². The van der Waals surface area contributed by atoms with Gasteiger partial charge in [0.15, 0.2) is 9.84 Å². The van der Waals surface area contributed by atoms with Gasteiger partial charge in [-0.2, -0.15) is 0 Å². The summed E-state index contributed by atoms with van der Waals surface area (Å²) < 4.78 is 40.4. The molecule has 26 heavy (non-hydrogen) atoms. The third-order valence-corrected chi connectivity index (χ3v) is 7.05. The second kappa shape index (κ2) is 8.75. The van der Waals surface area contributed by atoms with Gasteiger partial charge < -0.3 is 0 Å². The predicted molar refractivity (Wildman–Crippen MR) is 109 cm³/mol. The highest BCUT2D eigenvalue weighted by Crippen LogP contribution is 2.15. The molecule has 0 aliphatic rings. The summed E-state index contributed by atoms with van der Waals surface area (Å²) in [6.07, 6.45) is 3.61. The summed E-state index contributed by atoms with van der Waals surface area (Å²) in [7, 11) is -4.89. The number of hydrogen-bond donors (Lipinski definition) is 1. The molecule has 4 nitrogen and oxygen atoms in total. The Hall–Kier alpha value is -1.76. The highest BCUT2D eigenvalue weighted by Gasteiger charge is 2.25. The SMILES string of the molecule is CC(C)(C)[S@](=O)N[C@H](/C=C/c1ccccc1)CS(=O)(=O)c1ccccc1. The maximum atomic E-state index is 12.7. The molecule has 1 N–H and O–H groups in total. The maximum absolute atomic E-state index is 12.7. The lowest BCUT2D eigenvalue weighted by Gasteiger charge is -2.22. The van der Waals surface area contributed by atoms with Crippen molar-refractivity contribution in [2.24, 2.45) is 0 Å². The molecular formula is C20H25NO3S2. The molecule has 0 aliphatic heterocycles. The molecule has 0 aliphatic carbocycles. The highest BCUT2D eigenvalue weighted by molar-refractivity contribution is 7.91. The van der Waals surface area contributed by atoms with E-state index in [0.29, 0.717) is 0 Å². The Bertz CT molecular complexity index is 855. The number of hydrogen-bond acceptors (Lipinski definition) is 3. The van der Waals surface area contributed by atoms with Crippen molar-refractivity contribution in [3.63, 3.8) is 0 Å². The molecule has 0 saturated heterocycles. The molecule has 2 rings (SSSR count). The molecule has 0 spiro atoms. The summed E-state index contributed by atoms with van der Waals surface area (Å²) in [5, 5.41) is 0. The fraction of sp³-hybridized carbons (Fsp3) is 0.300. The van der Waals surface area contributed by atoms with Gasteiger partial charge in [-0.25, -0.2) is 17.3 Å². The largest absolute Gasteiger partial charge is 0.242 e. The molecule has 0 aromatic heterocycles. The van der Waals surface area contributed by atoms with Crippen molar-refractivity contribution < 1.29 is 12.6 Å². The Morgan fingerprint density at radius 2 is 1.54 bits per heavy atom. The van der Waals surface area contributed by atoms with Gasteiger partial charge in [-0.15, -0.1) is 0 Å². The van der Waals surface area contributed by atoms with Crippen LogP contribution in [-0.4, -0.2) is 29.2 Å². The van der Waals surface area contributed by atoms with Gasteiger partial charge in [0.05, 0.1) is 32.4 Å². The summed E-state index contributed by atoms with van der Waals surface area (Å²) in [5.74, 6) is -0.165. The Morgan fingerprint density at radius 3 is 2.08 bits per heavy atom. The molecule has 0 saturated carbocycles.